The van der Waals surface area contributed by atoms with E-state index in [2.05, 4.69) is 15.6 Å². The van der Waals surface area contributed by atoms with E-state index in [1.54, 1.807) is 36.8 Å². The number of aromatic nitrogens is 2. The molecule has 7 heteroatoms. The minimum atomic E-state index is -0.252. The van der Waals surface area contributed by atoms with Gasteiger partial charge in [-0.05, 0) is 60.5 Å². The zero-order valence-corrected chi connectivity index (χ0v) is 18.1. The maximum absolute atomic E-state index is 12.5. The Kier molecular flexibility index (Phi) is 6.33. The number of hydrogen-bond donors (Lipinski definition) is 2. The highest BCUT2D eigenvalue weighted by atomic mass is 35.5. The quantitative estimate of drug-likeness (QED) is 0.418. The average Bonchev–Trinajstić information content (AvgIpc) is 3.26. The number of anilines is 2. The maximum Gasteiger partial charge on any atom is 0.275 e. The molecule has 0 aliphatic heterocycles. The van der Waals surface area contributed by atoms with Gasteiger partial charge in [0.05, 0.1) is 6.33 Å². The van der Waals surface area contributed by atoms with Crippen LogP contribution < -0.4 is 10.6 Å². The van der Waals surface area contributed by atoms with Gasteiger partial charge in [0, 0.05) is 34.7 Å². The van der Waals surface area contributed by atoms with Crippen molar-refractivity contribution in [2.45, 2.75) is 13.5 Å². The molecule has 0 aliphatic rings. The van der Waals surface area contributed by atoms with Crippen molar-refractivity contribution in [2.24, 2.45) is 0 Å². The Morgan fingerprint density at radius 1 is 0.906 bits per heavy atom. The molecule has 32 heavy (non-hydrogen) atoms. The highest BCUT2D eigenvalue weighted by Gasteiger charge is 2.11. The van der Waals surface area contributed by atoms with Crippen molar-refractivity contribution in [3.05, 3.63) is 113 Å². The van der Waals surface area contributed by atoms with Gasteiger partial charge in [0.1, 0.15) is 5.69 Å². The molecule has 1 aromatic heterocycles. The number of hydrogen-bond acceptors (Lipinski definition) is 3. The lowest BCUT2D eigenvalue weighted by molar-refractivity contribution is 0.101. The first-order valence-corrected chi connectivity index (χ1v) is 10.4. The van der Waals surface area contributed by atoms with Crippen molar-refractivity contribution >= 4 is 34.8 Å². The lowest BCUT2D eigenvalue weighted by Gasteiger charge is -2.08. The zero-order chi connectivity index (χ0) is 22.5. The van der Waals surface area contributed by atoms with Gasteiger partial charge in [0.2, 0.25) is 0 Å². The molecular formula is C25H21ClN4O2. The van der Waals surface area contributed by atoms with E-state index >= 15 is 0 Å². The minimum absolute atomic E-state index is 0.201. The van der Waals surface area contributed by atoms with E-state index in [4.69, 9.17) is 11.6 Å². The first-order valence-electron chi connectivity index (χ1n) is 10.0. The predicted molar refractivity (Wildman–Crippen MR) is 126 cm³/mol. The molecule has 0 saturated carbocycles. The van der Waals surface area contributed by atoms with E-state index in [9.17, 15) is 9.59 Å². The van der Waals surface area contributed by atoms with Crippen LogP contribution in [0, 0.1) is 6.92 Å². The number of nitrogens with one attached hydrogen (secondary N) is 2. The number of amides is 2. The van der Waals surface area contributed by atoms with Crippen LogP contribution in [0.2, 0.25) is 5.02 Å². The van der Waals surface area contributed by atoms with Crippen LogP contribution >= 0.6 is 11.6 Å². The van der Waals surface area contributed by atoms with E-state index in [-0.39, 0.29) is 11.8 Å². The van der Waals surface area contributed by atoms with Crippen LogP contribution in [-0.4, -0.2) is 21.4 Å². The molecule has 160 valence electrons. The molecule has 6 nitrogen and oxygen atoms in total. The van der Waals surface area contributed by atoms with Crippen LogP contribution in [0.25, 0.3) is 0 Å². The second-order valence-corrected chi connectivity index (χ2v) is 7.79. The molecule has 0 fully saturated rings. The van der Waals surface area contributed by atoms with E-state index in [0.29, 0.717) is 28.5 Å². The third-order valence-corrected chi connectivity index (χ3v) is 5.19. The number of para-hydroxylation sites is 1. The molecule has 0 bridgehead atoms. The molecule has 0 unspecified atom stereocenters. The molecule has 0 radical (unpaired) electrons. The van der Waals surface area contributed by atoms with Crippen LogP contribution in [0.15, 0.2) is 85.3 Å². The van der Waals surface area contributed by atoms with Gasteiger partial charge in [0.25, 0.3) is 11.8 Å². The summed E-state index contributed by atoms with van der Waals surface area (Å²) in [5.41, 5.74) is 4.34. The van der Waals surface area contributed by atoms with Crippen LogP contribution in [0.3, 0.4) is 0 Å². The van der Waals surface area contributed by atoms with Crippen LogP contribution in [0.1, 0.15) is 32.0 Å². The summed E-state index contributed by atoms with van der Waals surface area (Å²) >= 11 is 5.86. The number of nitrogens with zero attached hydrogens (tertiary/aromatic N) is 2. The summed E-state index contributed by atoms with van der Waals surface area (Å²) in [5.74, 6) is -0.452. The number of benzene rings is 3. The normalized spacial score (nSPS) is 10.6. The van der Waals surface area contributed by atoms with Gasteiger partial charge in [-0.3, -0.25) is 9.59 Å². The van der Waals surface area contributed by atoms with Gasteiger partial charge >= 0.3 is 0 Å². The zero-order valence-electron chi connectivity index (χ0n) is 17.4. The molecule has 4 aromatic rings. The molecule has 4 rings (SSSR count). The Hall–Kier alpha value is -3.90. The molecule has 2 amide bonds. The summed E-state index contributed by atoms with van der Waals surface area (Å²) in [7, 11) is 0. The Morgan fingerprint density at radius 2 is 1.62 bits per heavy atom. The fourth-order valence-corrected chi connectivity index (χ4v) is 3.30. The summed E-state index contributed by atoms with van der Waals surface area (Å²) in [4.78, 5) is 29.0. The smallest absolute Gasteiger partial charge is 0.275 e. The summed E-state index contributed by atoms with van der Waals surface area (Å²) in [5, 5.41) is 6.33. The Balaban J connectivity index is 1.36. The molecule has 0 spiro atoms. The van der Waals surface area contributed by atoms with Crippen molar-refractivity contribution in [3.8, 4) is 0 Å². The fraction of sp³-hybridized carbons (Fsp3) is 0.0800. The summed E-state index contributed by atoms with van der Waals surface area (Å²) in [6, 6.07) is 21.8. The number of rotatable bonds is 6. The van der Waals surface area contributed by atoms with Gasteiger partial charge < -0.3 is 15.2 Å². The standard InChI is InChI=1S/C25H21ClN4O2/c1-17-4-2-3-5-22(17)29-25(32)23-15-30(16-27-23)14-18-6-12-21(13-7-18)28-24(31)19-8-10-20(26)11-9-19/h2-13,15-16H,14H2,1H3,(H,28,31)(H,29,32). The molecule has 2 N–H and O–H groups in total. The summed E-state index contributed by atoms with van der Waals surface area (Å²) in [6.07, 6.45) is 3.34. The molecule has 3 aromatic carbocycles. The predicted octanol–water partition coefficient (Wildman–Crippen LogP) is 5.40. The first-order chi connectivity index (χ1) is 15.5. The van der Waals surface area contributed by atoms with Crippen molar-refractivity contribution in [3.63, 3.8) is 0 Å². The maximum atomic E-state index is 12.5. The van der Waals surface area contributed by atoms with Gasteiger partial charge in [0.15, 0.2) is 0 Å². The SMILES string of the molecule is Cc1ccccc1NC(=O)c1cn(Cc2ccc(NC(=O)c3ccc(Cl)cc3)cc2)cn1. The van der Waals surface area contributed by atoms with E-state index in [0.717, 1.165) is 16.8 Å². The lowest BCUT2D eigenvalue weighted by Crippen LogP contribution is -2.13. The van der Waals surface area contributed by atoms with Crippen molar-refractivity contribution in [1.29, 1.82) is 0 Å². The Morgan fingerprint density at radius 3 is 2.34 bits per heavy atom. The third-order valence-electron chi connectivity index (χ3n) is 4.94. The first kappa shape index (κ1) is 21.3. The van der Waals surface area contributed by atoms with Gasteiger partial charge in [-0.2, -0.15) is 0 Å². The second-order valence-electron chi connectivity index (χ2n) is 7.36. The molecule has 0 atom stereocenters. The number of imidazole rings is 1. The minimum Gasteiger partial charge on any atom is -0.332 e. The number of carbonyl (C=O) groups is 2. The summed E-state index contributed by atoms with van der Waals surface area (Å²) in [6.45, 7) is 2.49. The largest absolute Gasteiger partial charge is 0.332 e. The molecule has 1 heterocycles. The third kappa shape index (κ3) is 5.22. The molecular weight excluding hydrogens is 424 g/mol. The molecule has 0 saturated heterocycles. The van der Waals surface area contributed by atoms with Crippen molar-refractivity contribution < 1.29 is 9.59 Å². The Bertz CT molecular complexity index is 1250. The average molecular weight is 445 g/mol. The van der Waals surface area contributed by atoms with E-state index in [1.807, 2.05) is 60.0 Å². The number of carbonyl (C=O) groups excluding carboxylic acids is 2. The second kappa shape index (κ2) is 9.49. The topological polar surface area (TPSA) is 76.0 Å². The van der Waals surface area contributed by atoms with Crippen molar-refractivity contribution in [2.75, 3.05) is 10.6 Å². The van der Waals surface area contributed by atoms with Crippen LogP contribution in [0.4, 0.5) is 11.4 Å². The molecule has 0 aliphatic carbocycles. The van der Waals surface area contributed by atoms with Gasteiger partial charge in [-0.15, -0.1) is 0 Å². The number of aryl methyl sites for hydroxylation is 1. The van der Waals surface area contributed by atoms with E-state index < -0.39 is 0 Å². The number of halogens is 1. The van der Waals surface area contributed by atoms with Gasteiger partial charge in [-0.1, -0.05) is 41.9 Å². The van der Waals surface area contributed by atoms with Gasteiger partial charge in [-0.25, -0.2) is 4.98 Å². The van der Waals surface area contributed by atoms with Crippen LogP contribution in [0.5, 0.6) is 0 Å². The monoisotopic (exact) mass is 444 g/mol. The van der Waals surface area contributed by atoms with Crippen molar-refractivity contribution in [1.82, 2.24) is 9.55 Å². The van der Waals surface area contributed by atoms with Crippen LogP contribution in [-0.2, 0) is 6.54 Å². The Labute approximate surface area is 190 Å². The lowest BCUT2D eigenvalue weighted by atomic mass is 10.2. The highest BCUT2D eigenvalue weighted by Crippen LogP contribution is 2.16. The summed E-state index contributed by atoms with van der Waals surface area (Å²) < 4.78 is 1.84. The highest BCUT2D eigenvalue weighted by molar-refractivity contribution is 6.30. The fourth-order valence-electron chi connectivity index (χ4n) is 3.17. The van der Waals surface area contributed by atoms with E-state index in [1.165, 1.54) is 0 Å².